The number of ether oxygens (including phenoxy) is 4. The third-order valence-electron chi connectivity index (χ3n) is 9.15. The van der Waals surface area contributed by atoms with Crippen LogP contribution in [0.25, 0.3) is 11.2 Å². The number of fused-ring (bicyclic) bond motifs is 1. The van der Waals surface area contributed by atoms with Gasteiger partial charge in [-0.3, -0.25) is 24.5 Å². The Balaban J connectivity index is 1.19. The monoisotopic (exact) mass is 703 g/mol. The predicted molar refractivity (Wildman–Crippen MR) is 191 cm³/mol. The fraction of sp³-hybridized carbons (Fsp3) is 0.231. The standard InChI is InChI=1S/C39H37N5O8/c1-49-28-17-13-26(14-18-28)39(25-11-7-4-8-12-25,27-15-19-29(50-2)20-16-27)51-22-30-33(46)34(47)37(52-30)44-23-40-32-35(44)42-38(43-36(32)48)41-31(45)21-24-9-5-3-6-10-24/h3-20,23,30,33-34,37,46-47H,21-22H2,1-2H3,(H2,41,42,43,45,48)/t30-,33-,34-,37-/m1/s1. The third-order valence-corrected chi connectivity index (χ3v) is 9.15. The van der Waals surface area contributed by atoms with Crippen LogP contribution in [0.2, 0.25) is 0 Å². The number of hydrogen-bond donors (Lipinski definition) is 4. The summed E-state index contributed by atoms with van der Waals surface area (Å²) in [6.45, 7) is -0.164. The molecule has 1 aliphatic heterocycles. The van der Waals surface area contributed by atoms with Crippen molar-refractivity contribution in [2.24, 2.45) is 0 Å². The Kier molecular flexibility index (Phi) is 9.83. The first-order valence-corrected chi connectivity index (χ1v) is 16.6. The second-order valence-corrected chi connectivity index (χ2v) is 12.3. The van der Waals surface area contributed by atoms with E-state index in [1.54, 1.807) is 14.2 Å². The van der Waals surface area contributed by atoms with Gasteiger partial charge in [-0.15, -0.1) is 0 Å². The predicted octanol–water partition coefficient (Wildman–Crippen LogP) is 3.95. The molecule has 266 valence electrons. The van der Waals surface area contributed by atoms with E-state index in [1.165, 1.54) is 10.9 Å². The molecule has 3 heterocycles. The maximum absolute atomic E-state index is 13.0. The zero-order chi connectivity index (χ0) is 36.2. The average Bonchev–Trinajstić information content (AvgIpc) is 3.72. The normalized spacial score (nSPS) is 18.7. The van der Waals surface area contributed by atoms with Crippen molar-refractivity contribution in [2.75, 3.05) is 26.1 Å². The number of anilines is 1. The molecule has 1 saturated heterocycles. The van der Waals surface area contributed by atoms with Crippen LogP contribution in [0.15, 0.2) is 120 Å². The SMILES string of the molecule is COc1ccc(C(OC[C@H]2O[C@@H](n3cnc4c(=O)[nH]c(NC(=O)Cc5ccccc5)nc43)[C@H](O)[C@@H]2O)(c2ccccc2)c2ccc(OC)cc2)cc1. The molecule has 0 radical (unpaired) electrons. The number of carbonyl (C=O) groups excluding carboxylic acids is 1. The van der Waals surface area contributed by atoms with Crippen molar-refractivity contribution in [3.63, 3.8) is 0 Å². The first-order chi connectivity index (χ1) is 25.3. The van der Waals surface area contributed by atoms with Gasteiger partial charge in [0.15, 0.2) is 17.4 Å². The number of aromatic amines is 1. The molecule has 4 atom stereocenters. The van der Waals surface area contributed by atoms with Crippen molar-refractivity contribution in [1.29, 1.82) is 0 Å². The summed E-state index contributed by atoms with van der Waals surface area (Å²) in [7, 11) is 3.19. The number of imidazole rings is 1. The van der Waals surface area contributed by atoms with Gasteiger partial charge in [0.2, 0.25) is 11.9 Å². The lowest BCUT2D eigenvalue weighted by Crippen LogP contribution is -2.39. The highest BCUT2D eigenvalue weighted by atomic mass is 16.6. The maximum Gasteiger partial charge on any atom is 0.280 e. The zero-order valence-corrected chi connectivity index (χ0v) is 28.4. The topological polar surface area (TPSA) is 170 Å². The molecule has 7 rings (SSSR count). The Morgan fingerprint density at radius 2 is 1.42 bits per heavy atom. The van der Waals surface area contributed by atoms with Gasteiger partial charge < -0.3 is 29.2 Å². The number of benzene rings is 4. The van der Waals surface area contributed by atoms with Crippen LogP contribution in [-0.4, -0.2) is 74.8 Å². The number of aromatic nitrogens is 4. The smallest absolute Gasteiger partial charge is 0.280 e. The number of aliphatic hydroxyl groups excluding tert-OH is 2. The van der Waals surface area contributed by atoms with Crippen molar-refractivity contribution in [3.8, 4) is 11.5 Å². The fourth-order valence-corrected chi connectivity index (χ4v) is 6.51. The van der Waals surface area contributed by atoms with Crippen LogP contribution in [0.1, 0.15) is 28.5 Å². The molecule has 0 unspecified atom stereocenters. The molecule has 6 aromatic rings. The number of H-pyrrole nitrogens is 1. The van der Waals surface area contributed by atoms with E-state index >= 15 is 0 Å². The van der Waals surface area contributed by atoms with Gasteiger partial charge in [0.25, 0.3) is 5.56 Å². The van der Waals surface area contributed by atoms with Gasteiger partial charge in [-0.2, -0.15) is 4.98 Å². The Labute approximate surface area is 298 Å². The summed E-state index contributed by atoms with van der Waals surface area (Å²) in [5, 5.41) is 25.3. The van der Waals surface area contributed by atoms with Crippen LogP contribution in [0.4, 0.5) is 5.95 Å². The molecule has 0 aliphatic carbocycles. The minimum atomic E-state index is -1.45. The van der Waals surface area contributed by atoms with Gasteiger partial charge in [0.1, 0.15) is 35.4 Å². The summed E-state index contributed by atoms with van der Waals surface area (Å²) in [6, 6.07) is 33.8. The quantitative estimate of drug-likeness (QED) is 0.137. The Hall–Kier alpha value is -5.86. The third kappa shape index (κ3) is 6.65. The number of carbonyl (C=O) groups is 1. The van der Waals surface area contributed by atoms with Crippen LogP contribution < -0.4 is 20.3 Å². The first-order valence-electron chi connectivity index (χ1n) is 16.6. The van der Waals surface area contributed by atoms with Crippen molar-refractivity contribution in [3.05, 3.63) is 148 Å². The van der Waals surface area contributed by atoms with Crippen LogP contribution in [0.3, 0.4) is 0 Å². The van der Waals surface area contributed by atoms with E-state index in [1.807, 2.05) is 109 Å². The molecule has 13 nitrogen and oxygen atoms in total. The summed E-state index contributed by atoms with van der Waals surface area (Å²) in [4.78, 5) is 36.9. The second-order valence-electron chi connectivity index (χ2n) is 12.3. The number of nitrogens with zero attached hydrogens (tertiary/aromatic N) is 3. The molecule has 0 saturated carbocycles. The van der Waals surface area contributed by atoms with Gasteiger partial charge in [0, 0.05) is 0 Å². The Bertz CT molecular complexity index is 2140. The van der Waals surface area contributed by atoms with Crippen molar-refractivity contribution < 1.29 is 34.0 Å². The number of aliphatic hydroxyl groups is 2. The van der Waals surface area contributed by atoms with Crippen molar-refractivity contribution >= 4 is 23.0 Å². The highest BCUT2D eigenvalue weighted by Crippen LogP contribution is 2.43. The largest absolute Gasteiger partial charge is 0.497 e. The molecule has 1 aliphatic rings. The summed E-state index contributed by atoms with van der Waals surface area (Å²) in [5.74, 6) is 0.847. The second kappa shape index (κ2) is 14.8. The van der Waals surface area contributed by atoms with E-state index < -0.39 is 35.7 Å². The molecule has 2 aromatic heterocycles. The van der Waals surface area contributed by atoms with Crippen LogP contribution in [-0.2, 0) is 26.3 Å². The Morgan fingerprint density at radius 3 is 2.02 bits per heavy atom. The number of amides is 1. The average molecular weight is 704 g/mol. The van der Waals surface area contributed by atoms with Crippen LogP contribution >= 0.6 is 0 Å². The minimum Gasteiger partial charge on any atom is -0.497 e. The highest BCUT2D eigenvalue weighted by Gasteiger charge is 2.47. The van der Waals surface area contributed by atoms with Gasteiger partial charge >= 0.3 is 0 Å². The van der Waals surface area contributed by atoms with Gasteiger partial charge in [-0.05, 0) is 46.5 Å². The molecule has 1 amide bonds. The molecule has 1 fully saturated rings. The molecule has 52 heavy (non-hydrogen) atoms. The summed E-state index contributed by atoms with van der Waals surface area (Å²) >= 11 is 0. The molecule has 4 N–H and O–H groups in total. The molecule has 13 heteroatoms. The number of hydrogen-bond acceptors (Lipinski definition) is 10. The number of rotatable bonds is 12. The van der Waals surface area contributed by atoms with Crippen LogP contribution in [0, 0.1) is 0 Å². The van der Waals surface area contributed by atoms with E-state index in [0.717, 1.165) is 22.3 Å². The van der Waals surface area contributed by atoms with E-state index in [9.17, 15) is 19.8 Å². The summed E-state index contributed by atoms with van der Waals surface area (Å²) in [5.41, 5.74) is 1.36. The van der Waals surface area contributed by atoms with Crippen molar-refractivity contribution in [2.45, 2.75) is 36.6 Å². The van der Waals surface area contributed by atoms with E-state index in [2.05, 4.69) is 20.3 Å². The fourth-order valence-electron chi connectivity index (χ4n) is 6.51. The lowest BCUT2D eigenvalue weighted by molar-refractivity contribution is -0.115. The molecule has 0 bridgehead atoms. The van der Waals surface area contributed by atoms with E-state index in [-0.39, 0.29) is 36.0 Å². The van der Waals surface area contributed by atoms with Gasteiger partial charge in [-0.25, -0.2) is 4.98 Å². The van der Waals surface area contributed by atoms with Gasteiger partial charge in [0.05, 0.1) is 33.6 Å². The van der Waals surface area contributed by atoms with E-state index in [4.69, 9.17) is 18.9 Å². The van der Waals surface area contributed by atoms with Gasteiger partial charge in [-0.1, -0.05) is 84.9 Å². The molecule has 0 spiro atoms. The summed E-state index contributed by atoms with van der Waals surface area (Å²) < 4.78 is 25.4. The minimum absolute atomic E-state index is 0.0341. The van der Waals surface area contributed by atoms with Crippen LogP contribution in [0.5, 0.6) is 11.5 Å². The maximum atomic E-state index is 13.0. The molecular formula is C39H37N5O8. The number of nitrogens with one attached hydrogen (secondary N) is 2. The molecular weight excluding hydrogens is 666 g/mol. The Morgan fingerprint density at radius 1 is 0.846 bits per heavy atom. The zero-order valence-electron chi connectivity index (χ0n) is 28.4. The first kappa shape index (κ1) is 34.6. The lowest BCUT2D eigenvalue weighted by atomic mass is 9.80. The molecule has 4 aromatic carbocycles. The van der Waals surface area contributed by atoms with Crippen molar-refractivity contribution in [1.82, 2.24) is 19.5 Å². The number of methoxy groups -OCH3 is 2. The van der Waals surface area contributed by atoms with E-state index in [0.29, 0.717) is 11.5 Å². The highest BCUT2D eigenvalue weighted by molar-refractivity contribution is 5.91. The summed E-state index contributed by atoms with van der Waals surface area (Å²) in [6.07, 6.45) is -3.69. The lowest BCUT2D eigenvalue weighted by Gasteiger charge is -2.37.